The molecule has 0 radical (unpaired) electrons. The summed E-state index contributed by atoms with van der Waals surface area (Å²) in [6.07, 6.45) is 2.16. The average Bonchev–Trinajstić information content (AvgIpc) is 3.85. The molecule has 1 aliphatic carbocycles. The highest BCUT2D eigenvalue weighted by atomic mass is 15.2. The Hall–Kier alpha value is -6.78. The highest BCUT2D eigenvalue weighted by Crippen LogP contribution is 2.49. The van der Waals surface area contributed by atoms with Crippen molar-refractivity contribution in [2.24, 2.45) is 0 Å². The Bertz CT molecular complexity index is 3070. The molecule has 0 amide bonds. The number of rotatable bonds is 4. The molecule has 0 saturated carbocycles. The van der Waals surface area contributed by atoms with Crippen LogP contribution in [-0.2, 0) is 5.41 Å². The van der Waals surface area contributed by atoms with Gasteiger partial charge in [0, 0.05) is 44.4 Å². The van der Waals surface area contributed by atoms with E-state index in [9.17, 15) is 0 Å². The van der Waals surface area contributed by atoms with Crippen LogP contribution < -0.4 is 0 Å². The van der Waals surface area contributed by atoms with Gasteiger partial charge in [0.05, 0.1) is 27.8 Å². The zero-order valence-corrected chi connectivity index (χ0v) is 29.5. The number of nitrogens with zero attached hydrogens (tertiary/aromatic N) is 4. The third kappa shape index (κ3) is 4.42. The van der Waals surface area contributed by atoms with E-state index in [2.05, 4.69) is 193 Å². The van der Waals surface area contributed by atoms with Crippen molar-refractivity contribution in [3.8, 4) is 45.1 Å². The zero-order valence-electron chi connectivity index (χ0n) is 29.5. The van der Waals surface area contributed by atoms with Crippen molar-refractivity contribution in [2.45, 2.75) is 19.3 Å². The minimum absolute atomic E-state index is 0.0391. The SMILES string of the molecule is CC1(C)c2ccccc2-c2ccc(-c3ccc(-c4nc(-n5c6ccccc6c6cc7c(ccn7-c7ccccc7)cc65)nc5ccccc45)cc3)cc21. The summed E-state index contributed by atoms with van der Waals surface area (Å²) in [4.78, 5) is 10.6. The molecule has 3 aromatic heterocycles. The van der Waals surface area contributed by atoms with E-state index in [0.717, 1.165) is 38.9 Å². The first kappa shape index (κ1) is 29.9. The standard InChI is InChI=1S/C49H34N4/c1-49(2)41-17-9-6-14-36(41)37-25-24-33(28-42(37)49)31-20-22-32(23-21-31)47-39-16-7-10-18-43(39)50-48(51-47)53-44-19-11-8-15-38(44)40-30-45-34(29-46(40)53)26-27-52(45)35-12-4-3-5-13-35/h3-30H,1-2H3. The molecule has 0 spiro atoms. The molecule has 0 unspecified atom stereocenters. The normalized spacial score (nSPS) is 13.2. The van der Waals surface area contributed by atoms with Gasteiger partial charge in [-0.1, -0.05) is 129 Å². The van der Waals surface area contributed by atoms with Gasteiger partial charge in [0.1, 0.15) is 0 Å². The lowest BCUT2D eigenvalue weighted by Gasteiger charge is -2.22. The number of aromatic nitrogens is 4. The minimum Gasteiger partial charge on any atom is -0.317 e. The first-order chi connectivity index (χ1) is 26.0. The largest absolute Gasteiger partial charge is 0.317 e. The molecule has 11 rings (SSSR count). The summed E-state index contributed by atoms with van der Waals surface area (Å²) in [7, 11) is 0. The van der Waals surface area contributed by atoms with E-state index < -0.39 is 0 Å². The fourth-order valence-corrected chi connectivity index (χ4v) is 8.72. The van der Waals surface area contributed by atoms with Gasteiger partial charge < -0.3 is 4.57 Å². The summed E-state index contributed by atoms with van der Waals surface area (Å²) >= 11 is 0. The van der Waals surface area contributed by atoms with E-state index in [0.29, 0.717) is 5.95 Å². The highest BCUT2D eigenvalue weighted by molar-refractivity contribution is 6.13. The molecule has 53 heavy (non-hydrogen) atoms. The summed E-state index contributed by atoms with van der Waals surface area (Å²) in [6.45, 7) is 4.67. The molecule has 0 bridgehead atoms. The summed E-state index contributed by atoms with van der Waals surface area (Å²) in [5.74, 6) is 0.663. The van der Waals surface area contributed by atoms with E-state index in [4.69, 9.17) is 9.97 Å². The molecule has 4 nitrogen and oxygen atoms in total. The van der Waals surface area contributed by atoms with Crippen LogP contribution in [0.1, 0.15) is 25.0 Å². The van der Waals surface area contributed by atoms with Crippen molar-refractivity contribution >= 4 is 43.6 Å². The molecule has 250 valence electrons. The lowest BCUT2D eigenvalue weighted by atomic mass is 9.81. The molecule has 10 aromatic rings. The number of benzene rings is 7. The van der Waals surface area contributed by atoms with Gasteiger partial charge in [-0.05, 0) is 81.9 Å². The van der Waals surface area contributed by atoms with Crippen molar-refractivity contribution < 1.29 is 0 Å². The van der Waals surface area contributed by atoms with Crippen LogP contribution >= 0.6 is 0 Å². The lowest BCUT2D eigenvalue weighted by molar-refractivity contribution is 0.660. The maximum atomic E-state index is 5.39. The predicted octanol–water partition coefficient (Wildman–Crippen LogP) is 12.3. The van der Waals surface area contributed by atoms with Crippen LogP contribution in [0, 0.1) is 0 Å². The smallest absolute Gasteiger partial charge is 0.235 e. The second kappa shape index (κ2) is 11.1. The van der Waals surface area contributed by atoms with Crippen LogP contribution in [0.2, 0.25) is 0 Å². The Kier molecular flexibility index (Phi) is 6.27. The third-order valence-electron chi connectivity index (χ3n) is 11.4. The maximum absolute atomic E-state index is 5.39. The van der Waals surface area contributed by atoms with E-state index >= 15 is 0 Å². The van der Waals surface area contributed by atoms with Gasteiger partial charge in [-0.15, -0.1) is 0 Å². The Morgan fingerprint density at radius 1 is 0.472 bits per heavy atom. The number of hydrogen-bond acceptors (Lipinski definition) is 2. The summed E-state index contributed by atoms with van der Waals surface area (Å²) in [5.41, 5.74) is 15.2. The molecule has 7 aromatic carbocycles. The first-order valence-electron chi connectivity index (χ1n) is 18.2. The second-order valence-electron chi connectivity index (χ2n) is 14.7. The molecule has 1 aliphatic rings. The van der Waals surface area contributed by atoms with Gasteiger partial charge >= 0.3 is 0 Å². The van der Waals surface area contributed by atoms with E-state index in [-0.39, 0.29) is 5.41 Å². The third-order valence-corrected chi connectivity index (χ3v) is 11.4. The molecular formula is C49H34N4. The van der Waals surface area contributed by atoms with Gasteiger partial charge in [-0.2, -0.15) is 0 Å². The number of hydrogen-bond donors (Lipinski definition) is 0. The Labute approximate surface area is 307 Å². The molecule has 0 saturated heterocycles. The van der Waals surface area contributed by atoms with E-state index in [1.807, 2.05) is 0 Å². The van der Waals surface area contributed by atoms with Crippen LogP contribution in [0.3, 0.4) is 0 Å². The quantitative estimate of drug-likeness (QED) is 0.186. The topological polar surface area (TPSA) is 35.6 Å². The van der Waals surface area contributed by atoms with Gasteiger partial charge in [-0.25, -0.2) is 9.97 Å². The lowest BCUT2D eigenvalue weighted by Crippen LogP contribution is -2.14. The van der Waals surface area contributed by atoms with Gasteiger partial charge in [-0.3, -0.25) is 4.57 Å². The highest BCUT2D eigenvalue weighted by Gasteiger charge is 2.35. The van der Waals surface area contributed by atoms with Crippen molar-refractivity contribution in [1.82, 2.24) is 19.1 Å². The minimum atomic E-state index is -0.0391. The van der Waals surface area contributed by atoms with Gasteiger partial charge in [0.2, 0.25) is 5.95 Å². The zero-order chi connectivity index (χ0) is 35.3. The monoisotopic (exact) mass is 678 g/mol. The first-order valence-corrected chi connectivity index (χ1v) is 18.2. The molecular weight excluding hydrogens is 645 g/mol. The molecule has 0 aliphatic heterocycles. The van der Waals surface area contributed by atoms with Gasteiger partial charge in [0.15, 0.2) is 0 Å². The Morgan fingerprint density at radius 2 is 1.17 bits per heavy atom. The average molecular weight is 679 g/mol. The van der Waals surface area contributed by atoms with Crippen LogP contribution in [-0.4, -0.2) is 19.1 Å². The fraction of sp³-hybridized carbons (Fsp3) is 0.0612. The Morgan fingerprint density at radius 3 is 2.04 bits per heavy atom. The van der Waals surface area contributed by atoms with Crippen LogP contribution in [0.15, 0.2) is 170 Å². The number of para-hydroxylation sites is 3. The van der Waals surface area contributed by atoms with E-state index in [1.54, 1.807) is 0 Å². The molecule has 0 fully saturated rings. The molecule has 3 heterocycles. The van der Waals surface area contributed by atoms with Crippen LogP contribution in [0.25, 0.3) is 88.8 Å². The maximum Gasteiger partial charge on any atom is 0.235 e. The van der Waals surface area contributed by atoms with Crippen molar-refractivity contribution in [1.29, 1.82) is 0 Å². The van der Waals surface area contributed by atoms with Crippen molar-refractivity contribution in [2.75, 3.05) is 0 Å². The van der Waals surface area contributed by atoms with Crippen LogP contribution in [0.4, 0.5) is 0 Å². The van der Waals surface area contributed by atoms with E-state index in [1.165, 1.54) is 55.1 Å². The molecule has 4 heteroatoms. The summed E-state index contributed by atoms with van der Waals surface area (Å²) in [6, 6.07) is 58.9. The molecule has 0 atom stereocenters. The van der Waals surface area contributed by atoms with Crippen molar-refractivity contribution in [3.63, 3.8) is 0 Å². The molecule has 0 N–H and O–H groups in total. The fourth-order valence-electron chi connectivity index (χ4n) is 8.72. The van der Waals surface area contributed by atoms with Crippen LogP contribution in [0.5, 0.6) is 0 Å². The van der Waals surface area contributed by atoms with Gasteiger partial charge in [0.25, 0.3) is 0 Å². The predicted molar refractivity (Wildman–Crippen MR) is 219 cm³/mol. The second-order valence-corrected chi connectivity index (χ2v) is 14.7. The Balaban J connectivity index is 1.05. The van der Waals surface area contributed by atoms with Crippen molar-refractivity contribution in [3.05, 3.63) is 181 Å². The summed E-state index contributed by atoms with van der Waals surface area (Å²) < 4.78 is 4.50. The summed E-state index contributed by atoms with van der Waals surface area (Å²) in [5, 5.41) is 4.55. The number of fused-ring (bicyclic) bond motifs is 8.